The highest BCUT2D eigenvalue weighted by molar-refractivity contribution is 6.05. The van der Waals surface area contributed by atoms with E-state index in [-0.39, 0.29) is 11.5 Å². The van der Waals surface area contributed by atoms with Gasteiger partial charge in [0.15, 0.2) is 17.6 Å². The number of amides is 1. The van der Waals surface area contributed by atoms with Gasteiger partial charge in [-0.15, -0.1) is 0 Å². The van der Waals surface area contributed by atoms with Gasteiger partial charge in [0.1, 0.15) is 0 Å². The van der Waals surface area contributed by atoms with E-state index in [4.69, 9.17) is 20.7 Å². The Labute approximate surface area is 244 Å². The van der Waals surface area contributed by atoms with E-state index in [2.05, 4.69) is 37.7 Å². The second-order valence-corrected chi connectivity index (χ2v) is 9.23. The number of anilines is 2. The largest absolute Gasteiger partial charge is 0.479 e. The van der Waals surface area contributed by atoms with Gasteiger partial charge in [-0.05, 0) is 55.6 Å². The summed E-state index contributed by atoms with van der Waals surface area (Å²) < 4.78 is 5.04. The van der Waals surface area contributed by atoms with Crippen LogP contribution in [-0.4, -0.2) is 63.8 Å². The number of rotatable bonds is 13. The summed E-state index contributed by atoms with van der Waals surface area (Å²) in [5, 5.41) is 23.5. The average molecular weight is 573 g/mol. The Morgan fingerprint density at radius 2 is 1.71 bits per heavy atom. The zero-order chi connectivity index (χ0) is 30.2. The van der Waals surface area contributed by atoms with Crippen molar-refractivity contribution in [1.82, 2.24) is 20.3 Å². The maximum atomic E-state index is 12.6. The number of nitrogens with zero attached hydrogens (tertiary/aromatic N) is 3. The molecule has 0 aliphatic heterocycles. The summed E-state index contributed by atoms with van der Waals surface area (Å²) >= 11 is 0. The van der Waals surface area contributed by atoms with Crippen molar-refractivity contribution in [1.29, 1.82) is 0 Å². The van der Waals surface area contributed by atoms with Gasteiger partial charge in [-0.2, -0.15) is 0 Å². The number of nitrogens with one attached hydrogen (secondary N) is 2. The van der Waals surface area contributed by atoms with Gasteiger partial charge >= 0.3 is 5.97 Å². The third-order valence-corrected chi connectivity index (χ3v) is 6.06. The lowest BCUT2D eigenvalue weighted by atomic mass is 10.1. The number of carboxylic acid groups (broad SMARTS) is 1. The number of hydrogen-bond donors (Lipinski definition) is 5. The van der Waals surface area contributed by atoms with Crippen LogP contribution < -0.4 is 16.4 Å². The van der Waals surface area contributed by atoms with E-state index in [0.29, 0.717) is 16.9 Å². The molecule has 4 rings (SSSR count). The number of nitrogen functional groups attached to an aromatic ring is 1. The summed E-state index contributed by atoms with van der Waals surface area (Å²) in [7, 11) is 1.72. The molecule has 0 fully saturated rings. The summed E-state index contributed by atoms with van der Waals surface area (Å²) in [5.41, 5.74) is 9.67. The number of aliphatic hydroxyl groups is 1. The summed E-state index contributed by atoms with van der Waals surface area (Å²) in [6.07, 6.45) is 6.44. The van der Waals surface area contributed by atoms with Crippen molar-refractivity contribution >= 4 is 23.4 Å². The van der Waals surface area contributed by atoms with Crippen molar-refractivity contribution in [2.45, 2.75) is 25.4 Å². The molecule has 2 aromatic carbocycles. The van der Waals surface area contributed by atoms with E-state index >= 15 is 0 Å². The Balaban J connectivity index is 0.000000369. The molecule has 0 aliphatic rings. The Bertz CT molecular complexity index is 1390. The third-order valence-electron chi connectivity index (χ3n) is 6.06. The molecule has 0 bridgehead atoms. The van der Waals surface area contributed by atoms with Gasteiger partial charge in [0.2, 0.25) is 0 Å². The number of aliphatic carboxylic acids is 1. The van der Waals surface area contributed by atoms with E-state index in [0.717, 1.165) is 44.5 Å². The molecule has 0 saturated heterocycles. The number of carboxylic acids is 1. The van der Waals surface area contributed by atoms with Crippen LogP contribution in [0.2, 0.25) is 0 Å². The van der Waals surface area contributed by atoms with Crippen molar-refractivity contribution in [2.75, 3.05) is 37.9 Å². The van der Waals surface area contributed by atoms with Gasteiger partial charge in [-0.25, -0.2) is 14.8 Å². The fourth-order valence-electron chi connectivity index (χ4n) is 3.84. The number of carbonyl (C=O) groups is 2. The molecule has 0 radical (unpaired) electrons. The minimum absolute atomic E-state index is 0.0831. The predicted molar refractivity (Wildman–Crippen MR) is 161 cm³/mol. The Morgan fingerprint density at radius 3 is 2.38 bits per heavy atom. The Kier molecular flexibility index (Phi) is 13.0. The average Bonchev–Trinajstić information content (AvgIpc) is 3.02. The minimum Gasteiger partial charge on any atom is -0.479 e. The van der Waals surface area contributed by atoms with E-state index in [1.165, 1.54) is 5.56 Å². The highest BCUT2D eigenvalue weighted by atomic mass is 16.5. The van der Waals surface area contributed by atoms with Crippen LogP contribution in [0.1, 0.15) is 40.6 Å². The summed E-state index contributed by atoms with van der Waals surface area (Å²) in [6.45, 7) is 2.74. The molecule has 1 amide bonds. The van der Waals surface area contributed by atoms with Crippen LogP contribution in [-0.2, 0) is 16.0 Å². The van der Waals surface area contributed by atoms with Gasteiger partial charge in [0, 0.05) is 25.5 Å². The third kappa shape index (κ3) is 10.4. The molecule has 2 aromatic heterocycles. The molecule has 1 atom stereocenters. The number of ether oxygens (including phenoxy) is 1. The monoisotopic (exact) mass is 572 g/mol. The zero-order valence-electron chi connectivity index (χ0n) is 23.4. The highest BCUT2D eigenvalue weighted by Gasteiger charge is 2.16. The number of aromatic nitrogens is 3. The van der Waals surface area contributed by atoms with Crippen LogP contribution in [0.4, 0.5) is 11.5 Å². The lowest BCUT2D eigenvalue weighted by Gasteiger charge is -2.09. The molecular weight excluding hydrogens is 536 g/mol. The van der Waals surface area contributed by atoms with Crippen LogP contribution in [0, 0.1) is 0 Å². The number of carbonyl (C=O) groups excluding carboxylic acids is 1. The molecule has 6 N–H and O–H groups in total. The number of aliphatic hydroxyl groups excluding tert-OH is 1. The second kappa shape index (κ2) is 17.2. The molecular formula is C31H36N6O5. The topological polar surface area (TPSA) is 173 Å². The highest BCUT2D eigenvalue weighted by Crippen LogP contribution is 2.20. The maximum absolute atomic E-state index is 12.6. The van der Waals surface area contributed by atoms with Gasteiger partial charge in [0.05, 0.1) is 23.8 Å². The summed E-state index contributed by atoms with van der Waals surface area (Å²) in [4.78, 5) is 35.4. The first-order valence-electron chi connectivity index (χ1n) is 13.5. The number of nitrogens with two attached hydrogens (primary N) is 1. The molecule has 11 heteroatoms. The smallest absolute Gasteiger partial charge is 0.337 e. The second-order valence-electron chi connectivity index (χ2n) is 9.23. The Hall–Kier alpha value is -4.71. The van der Waals surface area contributed by atoms with Gasteiger partial charge < -0.3 is 31.3 Å². The number of pyridine rings is 1. The van der Waals surface area contributed by atoms with Crippen LogP contribution in [0.3, 0.4) is 0 Å². The minimum atomic E-state index is -1.41. The zero-order valence-corrected chi connectivity index (χ0v) is 23.4. The molecule has 42 heavy (non-hydrogen) atoms. The molecule has 11 nitrogen and oxygen atoms in total. The number of aryl methyl sites for hydroxylation is 1. The molecule has 220 valence electrons. The van der Waals surface area contributed by atoms with Crippen LogP contribution in [0.5, 0.6) is 0 Å². The van der Waals surface area contributed by atoms with Crippen molar-refractivity contribution in [3.8, 4) is 11.3 Å². The quantitative estimate of drug-likeness (QED) is 0.149. The molecule has 1 unspecified atom stereocenters. The molecule has 0 spiro atoms. The number of benzene rings is 2. The van der Waals surface area contributed by atoms with Crippen molar-refractivity contribution in [3.63, 3.8) is 0 Å². The first-order valence-corrected chi connectivity index (χ1v) is 13.5. The van der Waals surface area contributed by atoms with Crippen molar-refractivity contribution in [3.05, 3.63) is 102 Å². The summed E-state index contributed by atoms with van der Waals surface area (Å²) in [6, 6.07) is 19.9. The summed E-state index contributed by atoms with van der Waals surface area (Å²) in [5.74, 6) is -1.56. The van der Waals surface area contributed by atoms with Gasteiger partial charge in [-0.1, -0.05) is 54.6 Å². The van der Waals surface area contributed by atoms with Crippen molar-refractivity contribution < 1.29 is 24.5 Å². The van der Waals surface area contributed by atoms with Gasteiger partial charge in [-0.3, -0.25) is 9.78 Å². The Morgan fingerprint density at radius 1 is 0.976 bits per heavy atom. The maximum Gasteiger partial charge on any atom is 0.337 e. The van der Waals surface area contributed by atoms with Crippen LogP contribution in [0.15, 0.2) is 85.3 Å². The first-order chi connectivity index (χ1) is 20.4. The molecule has 0 saturated carbocycles. The van der Waals surface area contributed by atoms with Gasteiger partial charge in [0.25, 0.3) is 5.91 Å². The first kappa shape index (κ1) is 31.8. The standard InChI is InChI=1S/C23H28N6O2.C8H8O3/c1-31-14-4-13-25-11-2-5-17-7-9-18(10-8-17)20-16-27-22(24)21(29-20)23(30)28-19-6-3-12-26-15-19;9-7(8(10)11)6-4-2-1-3-5-6/h3,6-10,12,15-16,25H,2,4-5,11,13-14H2,1H3,(H2,24,27)(H,28,30);1-5,7,9H,(H,10,11). The van der Waals surface area contributed by atoms with E-state index < -0.39 is 18.0 Å². The van der Waals surface area contributed by atoms with E-state index in [9.17, 15) is 9.59 Å². The van der Waals surface area contributed by atoms with Crippen LogP contribution in [0.25, 0.3) is 11.3 Å². The molecule has 0 aliphatic carbocycles. The normalized spacial score (nSPS) is 11.2. The molecule has 4 aromatic rings. The van der Waals surface area contributed by atoms with Crippen molar-refractivity contribution in [2.24, 2.45) is 0 Å². The van der Waals surface area contributed by atoms with E-state index in [1.807, 2.05) is 12.1 Å². The molecule has 2 heterocycles. The fraction of sp³-hybridized carbons (Fsp3) is 0.258. The van der Waals surface area contributed by atoms with Crippen LogP contribution >= 0.6 is 0 Å². The number of hydrogen-bond acceptors (Lipinski definition) is 9. The predicted octanol–water partition coefficient (Wildman–Crippen LogP) is 3.74. The SMILES string of the molecule is COCCCNCCCc1ccc(-c2cnc(N)c(C(=O)Nc3cccnc3)n2)cc1.O=C(O)C(O)c1ccccc1. The van der Waals surface area contributed by atoms with E-state index in [1.54, 1.807) is 68.2 Å². The number of methoxy groups -OCH3 is 1. The lowest BCUT2D eigenvalue weighted by molar-refractivity contribution is -0.146. The fourth-order valence-corrected chi connectivity index (χ4v) is 3.84. The lowest BCUT2D eigenvalue weighted by Crippen LogP contribution is -2.18.